The predicted molar refractivity (Wildman–Crippen MR) is 109 cm³/mol. The van der Waals surface area contributed by atoms with Gasteiger partial charge in [-0.05, 0) is 30.9 Å². The van der Waals surface area contributed by atoms with E-state index < -0.39 is 6.04 Å². The summed E-state index contributed by atoms with van der Waals surface area (Å²) in [6, 6.07) is 19.1. The highest BCUT2D eigenvalue weighted by Gasteiger charge is 2.29. The maximum Gasteiger partial charge on any atom is 0.243 e. The van der Waals surface area contributed by atoms with Gasteiger partial charge in [-0.15, -0.1) is 0 Å². The Morgan fingerprint density at radius 1 is 0.889 bits per heavy atom. The van der Waals surface area contributed by atoms with E-state index in [1.165, 1.54) is 0 Å². The number of nitrogens with zero attached hydrogens (tertiary/aromatic N) is 1. The lowest BCUT2D eigenvalue weighted by molar-refractivity contribution is -0.141. The zero-order chi connectivity index (χ0) is 19.6. The van der Waals surface area contributed by atoms with E-state index >= 15 is 0 Å². The van der Waals surface area contributed by atoms with Gasteiger partial charge in [0, 0.05) is 12.6 Å². The summed E-state index contributed by atoms with van der Waals surface area (Å²) in [5, 5.41) is 3.03. The van der Waals surface area contributed by atoms with E-state index in [-0.39, 0.29) is 17.9 Å². The summed E-state index contributed by atoms with van der Waals surface area (Å²) in [6.07, 6.45) is 1.73. The molecule has 2 rings (SSSR count). The molecule has 4 nitrogen and oxygen atoms in total. The number of rotatable bonds is 9. The molecule has 0 saturated carbocycles. The van der Waals surface area contributed by atoms with Crippen molar-refractivity contribution in [3.8, 4) is 0 Å². The lowest BCUT2D eigenvalue weighted by Crippen LogP contribution is -2.51. The van der Waals surface area contributed by atoms with Gasteiger partial charge >= 0.3 is 0 Å². The Kier molecular flexibility index (Phi) is 8.05. The SMILES string of the molecule is CC[C@@H](C)NC(=O)[C@H](CC)N(Cc1ccccc1)C(=O)Cc1ccccc1. The van der Waals surface area contributed by atoms with Crippen LogP contribution in [0.1, 0.15) is 44.7 Å². The van der Waals surface area contributed by atoms with E-state index in [9.17, 15) is 9.59 Å². The minimum atomic E-state index is -0.476. The summed E-state index contributed by atoms with van der Waals surface area (Å²) in [5.74, 6) is -0.111. The van der Waals surface area contributed by atoms with E-state index in [1.54, 1.807) is 4.90 Å². The monoisotopic (exact) mass is 366 g/mol. The smallest absolute Gasteiger partial charge is 0.243 e. The Morgan fingerprint density at radius 2 is 1.44 bits per heavy atom. The van der Waals surface area contributed by atoms with Crippen LogP contribution in [0, 0.1) is 0 Å². The molecule has 0 aliphatic heterocycles. The molecule has 0 spiro atoms. The number of carbonyl (C=O) groups excluding carboxylic acids is 2. The quantitative estimate of drug-likeness (QED) is 0.730. The number of carbonyl (C=O) groups is 2. The van der Waals surface area contributed by atoms with Crippen LogP contribution in [-0.4, -0.2) is 28.8 Å². The maximum atomic E-state index is 13.1. The fourth-order valence-electron chi connectivity index (χ4n) is 3.01. The molecule has 0 bridgehead atoms. The molecule has 0 unspecified atom stereocenters. The normalized spacial score (nSPS) is 12.9. The largest absolute Gasteiger partial charge is 0.352 e. The highest BCUT2D eigenvalue weighted by atomic mass is 16.2. The topological polar surface area (TPSA) is 49.4 Å². The minimum Gasteiger partial charge on any atom is -0.352 e. The number of nitrogens with one attached hydrogen (secondary N) is 1. The van der Waals surface area contributed by atoms with Gasteiger partial charge in [0.2, 0.25) is 11.8 Å². The van der Waals surface area contributed by atoms with Crippen molar-refractivity contribution in [1.82, 2.24) is 10.2 Å². The van der Waals surface area contributed by atoms with Gasteiger partial charge < -0.3 is 10.2 Å². The molecule has 0 aromatic heterocycles. The third-order valence-electron chi connectivity index (χ3n) is 4.78. The molecule has 2 aromatic carbocycles. The molecular weight excluding hydrogens is 336 g/mol. The van der Waals surface area contributed by atoms with Crippen molar-refractivity contribution in [2.24, 2.45) is 0 Å². The Morgan fingerprint density at radius 3 is 1.96 bits per heavy atom. The predicted octanol–water partition coefficient (Wildman–Crippen LogP) is 3.95. The Balaban J connectivity index is 2.23. The van der Waals surface area contributed by atoms with Crippen LogP contribution in [0.15, 0.2) is 60.7 Å². The van der Waals surface area contributed by atoms with Crippen molar-refractivity contribution >= 4 is 11.8 Å². The zero-order valence-corrected chi connectivity index (χ0v) is 16.5. The molecule has 0 saturated heterocycles. The van der Waals surface area contributed by atoms with Crippen molar-refractivity contribution in [3.05, 3.63) is 71.8 Å². The van der Waals surface area contributed by atoms with Crippen LogP contribution in [0.2, 0.25) is 0 Å². The van der Waals surface area contributed by atoms with E-state index in [4.69, 9.17) is 0 Å². The third kappa shape index (κ3) is 6.24. The van der Waals surface area contributed by atoms with Crippen LogP contribution >= 0.6 is 0 Å². The van der Waals surface area contributed by atoms with Gasteiger partial charge in [-0.2, -0.15) is 0 Å². The summed E-state index contributed by atoms with van der Waals surface area (Å²) in [4.78, 5) is 27.7. The summed E-state index contributed by atoms with van der Waals surface area (Å²) < 4.78 is 0. The second-order valence-electron chi connectivity index (χ2n) is 6.91. The number of hydrogen-bond acceptors (Lipinski definition) is 2. The molecule has 27 heavy (non-hydrogen) atoms. The first-order chi connectivity index (χ1) is 13.0. The van der Waals surface area contributed by atoms with Gasteiger partial charge in [0.25, 0.3) is 0 Å². The molecule has 0 aliphatic rings. The summed E-state index contributed by atoms with van der Waals surface area (Å²) in [7, 11) is 0. The minimum absolute atomic E-state index is 0.0313. The first-order valence-corrected chi connectivity index (χ1v) is 9.72. The van der Waals surface area contributed by atoms with Crippen LogP contribution in [0.25, 0.3) is 0 Å². The molecule has 0 fully saturated rings. The third-order valence-corrected chi connectivity index (χ3v) is 4.78. The molecule has 0 radical (unpaired) electrons. The molecule has 144 valence electrons. The number of hydrogen-bond donors (Lipinski definition) is 1. The molecule has 0 aliphatic carbocycles. The fraction of sp³-hybridized carbons (Fsp3) is 0.391. The van der Waals surface area contributed by atoms with Crippen LogP contribution in [0.5, 0.6) is 0 Å². The Hall–Kier alpha value is -2.62. The molecule has 2 atom stereocenters. The van der Waals surface area contributed by atoms with Crippen molar-refractivity contribution in [1.29, 1.82) is 0 Å². The van der Waals surface area contributed by atoms with Gasteiger partial charge in [-0.1, -0.05) is 74.5 Å². The maximum absolute atomic E-state index is 13.1. The second kappa shape index (κ2) is 10.5. The van der Waals surface area contributed by atoms with Crippen molar-refractivity contribution in [2.75, 3.05) is 0 Å². The van der Waals surface area contributed by atoms with Crippen LogP contribution < -0.4 is 5.32 Å². The van der Waals surface area contributed by atoms with Gasteiger partial charge in [0.05, 0.1) is 6.42 Å². The molecule has 1 N–H and O–H groups in total. The van der Waals surface area contributed by atoms with Crippen molar-refractivity contribution in [2.45, 2.75) is 58.7 Å². The number of amides is 2. The van der Waals surface area contributed by atoms with Crippen molar-refractivity contribution in [3.63, 3.8) is 0 Å². The van der Waals surface area contributed by atoms with Gasteiger partial charge in [-0.25, -0.2) is 0 Å². The highest BCUT2D eigenvalue weighted by Crippen LogP contribution is 2.15. The van der Waals surface area contributed by atoms with E-state index in [0.717, 1.165) is 17.5 Å². The summed E-state index contributed by atoms with van der Waals surface area (Å²) >= 11 is 0. The second-order valence-corrected chi connectivity index (χ2v) is 6.91. The van der Waals surface area contributed by atoms with Crippen LogP contribution in [0.4, 0.5) is 0 Å². The van der Waals surface area contributed by atoms with Gasteiger partial charge in [0.15, 0.2) is 0 Å². The molecule has 2 aromatic rings. The van der Waals surface area contributed by atoms with Crippen LogP contribution in [0.3, 0.4) is 0 Å². The fourth-order valence-corrected chi connectivity index (χ4v) is 3.01. The van der Waals surface area contributed by atoms with Gasteiger partial charge in [0.1, 0.15) is 6.04 Å². The van der Waals surface area contributed by atoms with E-state index in [0.29, 0.717) is 19.4 Å². The Labute approximate surface area is 162 Å². The average Bonchev–Trinajstić information content (AvgIpc) is 2.69. The molecule has 4 heteroatoms. The van der Waals surface area contributed by atoms with Crippen LogP contribution in [-0.2, 0) is 22.6 Å². The van der Waals surface area contributed by atoms with Crippen molar-refractivity contribution < 1.29 is 9.59 Å². The first-order valence-electron chi connectivity index (χ1n) is 9.72. The average molecular weight is 367 g/mol. The number of benzene rings is 2. The highest BCUT2D eigenvalue weighted by molar-refractivity contribution is 5.88. The van der Waals surface area contributed by atoms with E-state index in [1.807, 2.05) is 81.4 Å². The Bertz CT molecular complexity index is 716. The molecule has 2 amide bonds. The molecular formula is C23H30N2O2. The van der Waals surface area contributed by atoms with Gasteiger partial charge in [-0.3, -0.25) is 9.59 Å². The molecule has 0 heterocycles. The zero-order valence-electron chi connectivity index (χ0n) is 16.5. The summed E-state index contributed by atoms with van der Waals surface area (Å²) in [6.45, 7) is 6.40. The lowest BCUT2D eigenvalue weighted by atomic mass is 10.1. The summed E-state index contributed by atoms with van der Waals surface area (Å²) in [5.41, 5.74) is 1.98. The lowest BCUT2D eigenvalue weighted by Gasteiger charge is -2.31. The van der Waals surface area contributed by atoms with E-state index in [2.05, 4.69) is 5.32 Å². The standard InChI is InChI=1S/C23H30N2O2/c1-4-18(3)24-23(27)21(5-2)25(17-20-14-10-7-11-15-20)22(26)16-19-12-8-6-9-13-19/h6-15,18,21H,4-5,16-17H2,1-3H3,(H,24,27)/t18-,21+/m1/s1. The first kappa shape index (κ1) is 20.7.